The third kappa shape index (κ3) is 2.83. The monoisotopic (exact) mass is 268 g/mol. The van der Waals surface area contributed by atoms with Gasteiger partial charge in [0.05, 0.1) is 0 Å². The molecule has 2 aromatic rings. The van der Waals surface area contributed by atoms with Crippen molar-refractivity contribution >= 4 is 11.6 Å². The Balaban J connectivity index is 2.48. The molecule has 0 amide bonds. The van der Waals surface area contributed by atoms with Crippen molar-refractivity contribution in [2.24, 2.45) is 0 Å². The van der Waals surface area contributed by atoms with Crippen LogP contribution in [-0.2, 0) is 10.4 Å². The largest absolute Gasteiger partial charge is 0.376 e. The average molecular weight is 268 g/mol. The fourth-order valence-electron chi connectivity index (χ4n) is 2.22. The predicted molar refractivity (Wildman–Crippen MR) is 76.4 cm³/mol. The molecule has 0 radical (unpaired) electrons. The van der Waals surface area contributed by atoms with E-state index in [1.165, 1.54) is 6.92 Å². The van der Waals surface area contributed by atoms with E-state index in [9.17, 15) is 14.7 Å². The molecule has 0 spiro atoms. The Labute approximate surface area is 117 Å². The molecular weight excluding hydrogens is 252 g/mol. The predicted octanol–water partition coefficient (Wildman–Crippen LogP) is 2.74. The van der Waals surface area contributed by atoms with Gasteiger partial charge in [-0.1, -0.05) is 60.7 Å². The minimum absolute atomic E-state index is 0.231. The van der Waals surface area contributed by atoms with Gasteiger partial charge in [0.15, 0.2) is 11.4 Å². The Hall–Kier alpha value is -2.26. The quantitative estimate of drug-likeness (QED) is 0.848. The highest BCUT2D eigenvalue weighted by molar-refractivity contribution is 6.05. The zero-order valence-electron chi connectivity index (χ0n) is 11.2. The van der Waals surface area contributed by atoms with Gasteiger partial charge in [-0.25, -0.2) is 0 Å². The number of Topliss-reactive ketones (excluding diaryl/α,β-unsaturated/α-hetero) is 2. The fraction of sp³-hybridized carbons (Fsp3) is 0.176. The van der Waals surface area contributed by atoms with Crippen molar-refractivity contribution in [1.29, 1.82) is 0 Å². The molecule has 2 rings (SSSR count). The van der Waals surface area contributed by atoms with E-state index in [0.29, 0.717) is 11.1 Å². The van der Waals surface area contributed by atoms with Crippen LogP contribution in [0.3, 0.4) is 0 Å². The number of benzene rings is 2. The van der Waals surface area contributed by atoms with Gasteiger partial charge in [-0.2, -0.15) is 0 Å². The standard InChI is InChI=1S/C17H16O3/c1-13(18)12-17(20,15-10-6-3-7-11-15)16(19)14-8-4-2-5-9-14/h2-11,20H,12H2,1H3. The molecule has 20 heavy (non-hydrogen) atoms. The summed E-state index contributed by atoms with van der Waals surface area (Å²) in [7, 11) is 0. The van der Waals surface area contributed by atoms with Gasteiger partial charge in [-0.05, 0) is 12.5 Å². The van der Waals surface area contributed by atoms with Crippen molar-refractivity contribution in [3.63, 3.8) is 0 Å². The van der Waals surface area contributed by atoms with E-state index in [4.69, 9.17) is 0 Å². The normalized spacial score (nSPS) is 13.5. The van der Waals surface area contributed by atoms with E-state index in [2.05, 4.69) is 0 Å². The first-order valence-electron chi connectivity index (χ1n) is 6.41. The van der Waals surface area contributed by atoms with Crippen molar-refractivity contribution in [3.8, 4) is 0 Å². The average Bonchev–Trinajstić information content (AvgIpc) is 2.47. The highest BCUT2D eigenvalue weighted by Gasteiger charge is 2.39. The van der Waals surface area contributed by atoms with Crippen molar-refractivity contribution in [3.05, 3.63) is 71.8 Å². The Morgan fingerprint density at radius 1 is 0.950 bits per heavy atom. The van der Waals surface area contributed by atoms with Crippen molar-refractivity contribution < 1.29 is 14.7 Å². The molecule has 0 bridgehead atoms. The number of ketones is 2. The van der Waals surface area contributed by atoms with Crippen LogP contribution >= 0.6 is 0 Å². The van der Waals surface area contributed by atoms with Crippen molar-refractivity contribution in [2.45, 2.75) is 18.9 Å². The maximum Gasteiger partial charge on any atom is 0.199 e. The Kier molecular flexibility index (Phi) is 4.11. The molecule has 0 heterocycles. The van der Waals surface area contributed by atoms with Crippen molar-refractivity contribution in [1.82, 2.24) is 0 Å². The number of carbonyl (C=O) groups excluding carboxylic acids is 2. The van der Waals surface area contributed by atoms with Crippen LogP contribution < -0.4 is 0 Å². The van der Waals surface area contributed by atoms with E-state index < -0.39 is 11.4 Å². The second-order valence-corrected chi connectivity index (χ2v) is 4.80. The summed E-state index contributed by atoms with van der Waals surface area (Å²) in [5.41, 5.74) is -0.988. The molecule has 1 unspecified atom stereocenters. The highest BCUT2D eigenvalue weighted by Crippen LogP contribution is 2.29. The molecule has 3 nitrogen and oxygen atoms in total. The lowest BCUT2D eigenvalue weighted by molar-refractivity contribution is -0.120. The molecule has 1 atom stereocenters. The van der Waals surface area contributed by atoms with Gasteiger partial charge < -0.3 is 5.11 Å². The first kappa shape index (κ1) is 14.2. The Morgan fingerprint density at radius 2 is 1.45 bits per heavy atom. The lowest BCUT2D eigenvalue weighted by atomic mass is 9.82. The molecule has 1 N–H and O–H groups in total. The SMILES string of the molecule is CC(=O)CC(O)(C(=O)c1ccccc1)c1ccccc1. The van der Waals surface area contributed by atoms with E-state index in [1.54, 1.807) is 60.7 Å². The number of carbonyl (C=O) groups is 2. The molecule has 3 heteroatoms. The lowest BCUT2D eigenvalue weighted by Crippen LogP contribution is -2.37. The molecular formula is C17H16O3. The molecule has 0 saturated carbocycles. The summed E-state index contributed by atoms with van der Waals surface area (Å²) >= 11 is 0. The lowest BCUT2D eigenvalue weighted by Gasteiger charge is -2.26. The van der Waals surface area contributed by atoms with Crippen molar-refractivity contribution in [2.75, 3.05) is 0 Å². The molecule has 102 valence electrons. The maximum atomic E-state index is 12.6. The van der Waals surface area contributed by atoms with Crippen LogP contribution in [0.5, 0.6) is 0 Å². The van der Waals surface area contributed by atoms with Crippen LogP contribution in [0, 0.1) is 0 Å². The topological polar surface area (TPSA) is 54.4 Å². The molecule has 0 aromatic heterocycles. The van der Waals surface area contributed by atoms with Gasteiger partial charge in [0.2, 0.25) is 0 Å². The van der Waals surface area contributed by atoms with E-state index in [1.807, 2.05) is 0 Å². The molecule has 2 aromatic carbocycles. The van der Waals surface area contributed by atoms with Crippen LogP contribution in [-0.4, -0.2) is 16.7 Å². The van der Waals surface area contributed by atoms with Gasteiger partial charge in [-0.15, -0.1) is 0 Å². The third-order valence-corrected chi connectivity index (χ3v) is 3.17. The molecule has 0 aliphatic rings. The Morgan fingerprint density at radius 3 is 1.95 bits per heavy atom. The summed E-state index contributed by atoms with van der Waals surface area (Å²) in [4.78, 5) is 24.1. The summed E-state index contributed by atoms with van der Waals surface area (Å²) in [6.45, 7) is 1.37. The summed E-state index contributed by atoms with van der Waals surface area (Å²) in [6.07, 6.45) is -0.231. The maximum absolute atomic E-state index is 12.6. The molecule has 0 fully saturated rings. The summed E-state index contributed by atoms with van der Waals surface area (Å²) in [5.74, 6) is -0.694. The van der Waals surface area contributed by atoms with Gasteiger partial charge in [-0.3, -0.25) is 9.59 Å². The van der Waals surface area contributed by atoms with Crippen LogP contribution in [0.4, 0.5) is 0 Å². The number of aliphatic hydroxyl groups is 1. The van der Waals surface area contributed by atoms with Crippen LogP contribution in [0.1, 0.15) is 29.3 Å². The van der Waals surface area contributed by atoms with E-state index in [-0.39, 0.29) is 12.2 Å². The first-order chi connectivity index (χ1) is 9.54. The number of hydrogen-bond acceptors (Lipinski definition) is 3. The second-order valence-electron chi connectivity index (χ2n) is 4.80. The summed E-state index contributed by atoms with van der Waals surface area (Å²) < 4.78 is 0. The minimum atomic E-state index is -1.81. The fourth-order valence-corrected chi connectivity index (χ4v) is 2.22. The molecule has 0 saturated heterocycles. The van der Waals surface area contributed by atoms with Gasteiger partial charge in [0, 0.05) is 12.0 Å². The molecule has 0 aliphatic heterocycles. The second kappa shape index (κ2) is 5.80. The highest BCUT2D eigenvalue weighted by atomic mass is 16.3. The van der Waals surface area contributed by atoms with Gasteiger partial charge >= 0.3 is 0 Å². The Bertz CT molecular complexity index is 605. The number of rotatable bonds is 5. The first-order valence-corrected chi connectivity index (χ1v) is 6.41. The van der Waals surface area contributed by atoms with Crippen LogP contribution in [0.15, 0.2) is 60.7 Å². The van der Waals surface area contributed by atoms with Crippen LogP contribution in [0.25, 0.3) is 0 Å². The van der Waals surface area contributed by atoms with Crippen LogP contribution in [0.2, 0.25) is 0 Å². The number of hydrogen-bond donors (Lipinski definition) is 1. The minimum Gasteiger partial charge on any atom is -0.376 e. The third-order valence-electron chi connectivity index (χ3n) is 3.17. The van der Waals surface area contributed by atoms with E-state index >= 15 is 0 Å². The summed E-state index contributed by atoms with van der Waals surface area (Å²) in [5, 5.41) is 10.8. The zero-order valence-corrected chi connectivity index (χ0v) is 11.2. The summed E-state index contributed by atoms with van der Waals surface area (Å²) in [6, 6.07) is 17.1. The van der Waals surface area contributed by atoms with Gasteiger partial charge in [0.25, 0.3) is 0 Å². The molecule has 0 aliphatic carbocycles. The van der Waals surface area contributed by atoms with Gasteiger partial charge in [0.1, 0.15) is 5.78 Å². The zero-order chi connectivity index (χ0) is 14.6. The van der Waals surface area contributed by atoms with E-state index in [0.717, 1.165) is 0 Å². The smallest absolute Gasteiger partial charge is 0.199 e.